The Morgan fingerprint density at radius 1 is 1.09 bits per heavy atom. The van der Waals surface area contributed by atoms with Gasteiger partial charge in [0.25, 0.3) is 0 Å². The molecular formula is C2H4BaN2O6. The zero-order valence-electron chi connectivity index (χ0n) is 7.13. The summed E-state index contributed by atoms with van der Waals surface area (Å²) < 4.78 is 0. The summed E-state index contributed by atoms with van der Waals surface area (Å²) in [5, 5.41) is 20.1. The summed E-state index contributed by atoms with van der Waals surface area (Å²) in [6.45, 7) is 0. The van der Waals surface area contributed by atoms with E-state index in [1.54, 1.807) is 0 Å². The SMILES string of the molecule is O=C(O)ON=NOC(=O)O.[Ba+2].[H-].[H-]. The molecule has 2 N–H and O–H groups in total. The maximum absolute atomic E-state index is 9.47. The first kappa shape index (κ1) is 13.3. The molecule has 0 spiro atoms. The standard InChI is InChI=1S/C2H2N2O6.Ba.2H/c5-1(6)9-3-4-10-2(7)8;;;/h(H,5,6)(H,7,8);;;/q;+2;2*-1. The van der Waals surface area contributed by atoms with E-state index in [1.165, 1.54) is 0 Å². The predicted octanol–water partition coefficient (Wildman–Crippen LogP) is 0.502. The Bertz CT molecular complexity index is 158. The molecule has 0 atom stereocenters. The molecule has 11 heavy (non-hydrogen) atoms. The van der Waals surface area contributed by atoms with Crippen LogP contribution in [0.4, 0.5) is 9.59 Å². The molecular weight excluding hydrogens is 285 g/mol. The van der Waals surface area contributed by atoms with Crippen molar-refractivity contribution in [2.24, 2.45) is 10.6 Å². The van der Waals surface area contributed by atoms with Crippen molar-refractivity contribution in [2.75, 3.05) is 0 Å². The molecule has 0 fully saturated rings. The van der Waals surface area contributed by atoms with Crippen LogP contribution in [0.15, 0.2) is 10.6 Å². The monoisotopic (exact) mass is 290 g/mol. The van der Waals surface area contributed by atoms with Crippen LogP contribution < -0.4 is 0 Å². The maximum Gasteiger partial charge on any atom is 2.00 e. The summed E-state index contributed by atoms with van der Waals surface area (Å²) in [6, 6.07) is 0. The van der Waals surface area contributed by atoms with Gasteiger partial charge in [-0.15, -0.1) is 0 Å². The van der Waals surface area contributed by atoms with E-state index < -0.39 is 12.3 Å². The van der Waals surface area contributed by atoms with Gasteiger partial charge in [-0.3, -0.25) is 9.68 Å². The molecule has 0 rings (SSSR count). The molecule has 0 bridgehead atoms. The molecule has 0 unspecified atom stereocenters. The molecule has 0 saturated carbocycles. The van der Waals surface area contributed by atoms with Crippen molar-refractivity contribution in [2.45, 2.75) is 0 Å². The number of carboxylic acid groups (broad SMARTS) is 2. The number of nitrogens with zero attached hydrogens (tertiary/aromatic N) is 2. The minimum absolute atomic E-state index is 0. The van der Waals surface area contributed by atoms with Gasteiger partial charge in [0.2, 0.25) is 0 Å². The minimum Gasteiger partial charge on any atom is -1.00 e. The summed E-state index contributed by atoms with van der Waals surface area (Å²) in [7, 11) is 0. The smallest absolute Gasteiger partial charge is 1.00 e. The summed E-state index contributed by atoms with van der Waals surface area (Å²) in [6.07, 6.45) is -3.42. The second kappa shape index (κ2) is 7.81. The van der Waals surface area contributed by atoms with Gasteiger partial charge in [-0.05, 0) is 0 Å². The average molecular weight is 289 g/mol. The zero-order chi connectivity index (χ0) is 7.98. The third-order valence-electron chi connectivity index (χ3n) is 0.271. The van der Waals surface area contributed by atoms with Crippen molar-refractivity contribution >= 4 is 61.2 Å². The number of rotatable bonds is 2. The topological polar surface area (TPSA) is 118 Å². The van der Waals surface area contributed by atoms with Crippen molar-refractivity contribution in [1.82, 2.24) is 0 Å². The molecule has 0 aliphatic heterocycles. The van der Waals surface area contributed by atoms with Crippen LogP contribution >= 0.6 is 0 Å². The van der Waals surface area contributed by atoms with E-state index in [9.17, 15) is 9.59 Å². The van der Waals surface area contributed by atoms with Crippen LogP contribution in [0, 0.1) is 0 Å². The molecule has 60 valence electrons. The van der Waals surface area contributed by atoms with Gasteiger partial charge >= 0.3 is 61.2 Å². The van der Waals surface area contributed by atoms with E-state index in [0.717, 1.165) is 0 Å². The first-order chi connectivity index (χ1) is 4.63. The molecule has 0 aromatic heterocycles. The molecule has 0 saturated heterocycles. The van der Waals surface area contributed by atoms with Gasteiger partial charge in [0.05, 0.1) is 10.6 Å². The quantitative estimate of drug-likeness (QED) is 0.434. The second-order valence-corrected chi connectivity index (χ2v) is 0.878. The van der Waals surface area contributed by atoms with Crippen LogP contribution in [0.3, 0.4) is 0 Å². The Morgan fingerprint density at radius 3 is 1.55 bits per heavy atom. The van der Waals surface area contributed by atoms with Gasteiger partial charge in [0, 0.05) is 0 Å². The third kappa shape index (κ3) is 12.8. The van der Waals surface area contributed by atoms with Crippen LogP contribution in [0.5, 0.6) is 0 Å². The Labute approximate surface area is 103 Å². The molecule has 0 aromatic carbocycles. The largest absolute Gasteiger partial charge is 2.00 e. The summed E-state index contributed by atoms with van der Waals surface area (Å²) >= 11 is 0. The molecule has 8 nitrogen and oxygen atoms in total. The van der Waals surface area contributed by atoms with Crippen LogP contribution in [0.1, 0.15) is 2.85 Å². The third-order valence-corrected chi connectivity index (χ3v) is 0.271. The van der Waals surface area contributed by atoms with Crippen LogP contribution in [0.2, 0.25) is 0 Å². The Hall–Kier alpha value is -0.289. The normalized spacial score (nSPS) is 8.36. The van der Waals surface area contributed by atoms with Gasteiger partial charge in [-0.1, -0.05) is 0 Å². The van der Waals surface area contributed by atoms with Crippen molar-refractivity contribution in [3.8, 4) is 0 Å². The first-order valence-corrected chi connectivity index (χ1v) is 1.83. The summed E-state index contributed by atoms with van der Waals surface area (Å²) in [4.78, 5) is 25.7. The van der Waals surface area contributed by atoms with Crippen molar-refractivity contribution in [3.63, 3.8) is 0 Å². The van der Waals surface area contributed by atoms with Gasteiger partial charge < -0.3 is 13.1 Å². The maximum atomic E-state index is 9.47. The number of hydrogen-bond donors (Lipinski definition) is 2. The Kier molecular flexibility index (Phi) is 9.46. The second-order valence-electron chi connectivity index (χ2n) is 0.878. The van der Waals surface area contributed by atoms with Crippen molar-refractivity contribution in [1.29, 1.82) is 0 Å². The molecule has 0 heterocycles. The fraction of sp³-hybridized carbons (Fsp3) is 0. The molecule has 9 heteroatoms. The van der Waals surface area contributed by atoms with E-state index in [2.05, 4.69) is 20.2 Å². The number of hydrogen-bond acceptors (Lipinski definition) is 6. The molecule has 0 aliphatic carbocycles. The van der Waals surface area contributed by atoms with E-state index in [1.807, 2.05) is 0 Å². The molecule has 0 aromatic rings. The zero-order valence-corrected chi connectivity index (χ0v) is 9.57. The van der Waals surface area contributed by atoms with Crippen molar-refractivity contribution < 1.29 is 32.3 Å². The van der Waals surface area contributed by atoms with Gasteiger partial charge in [-0.25, -0.2) is 9.59 Å². The predicted molar refractivity (Wildman–Crippen MR) is 31.1 cm³/mol. The molecule has 0 radical (unpaired) electrons. The first-order valence-electron chi connectivity index (χ1n) is 1.83. The van der Waals surface area contributed by atoms with E-state index in [-0.39, 0.29) is 51.7 Å². The van der Waals surface area contributed by atoms with Crippen LogP contribution in [-0.4, -0.2) is 71.4 Å². The van der Waals surface area contributed by atoms with Crippen LogP contribution in [0.25, 0.3) is 0 Å². The summed E-state index contributed by atoms with van der Waals surface area (Å²) in [5.41, 5.74) is 0. The fourth-order valence-electron chi connectivity index (χ4n) is 0.103. The van der Waals surface area contributed by atoms with E-state index >= 15 is 0 Å². The Morgan fingerprint density at radius 2 is 1.36 bits per heavy atom. The number of carbonyl (C=O) groups is 2. The van der Waals surface area contributed by atoms with Crippen LogP contribution in [-0.2, 0) is 9.68 Å². The van der Waals surface area contributed by atoms with Gasteiger partial charge in [0.15, 0.2) is 0 Å². The van der Waals surface area contributed by atoms with E-state index in [0.29, 0.717) is 0 Å². The Balaban J connectivity index is -0.000000135. The van der Waals surface area contributed by atoms with Gasteiger partial charge in [-0.2, -0.15) is 0 Å². The molecule has 0 aliphatic rings. The van der Waals surface area contributed by atoms with Crippen molar-refractivity contribution in [3.05, 3.63) is 0 Å². The fourth-order valence-corrected chi connectivity index (χ4v) is 0.103. The average Bonchev–Trinajstić information content (AvgIpc) is 1.79. The van der Waals surface area contributed by atoms with Gasteiger partial charge in [0.1, 0.15) is 0 Å². The summed E-state index contributed by atoms with van der Waals surface area (Å²) in [5.74, 6) is 0. The van der Waals surface area contributed by atoms with E-state index in [4.69, 9.17) is 10.2 Å². The molecule has 0 amide bonds. The minimum atomic E-state index is -1.71.